The number of aromatic nitrogens is 2. The summed E-state index contributed by atoms with van der Waals surface area (Å²) in [6.07, 6.45) is -1.02. The summed E-state index contributed by atoms with van der Waals surface area (Å²) in [6.45, 7) is 0. The topological polar surface area (TPSA) is 110 Å². The Hall–Kier alpha value is -3.10. The smallest absolute Gasteiger partial charge is 0.263 e. The maximum absolute atomic E-state index is 12.1. The second-order valence-electron chi connectivity index (χ2n) is 5.48. The van der Waals surface area contributed by atoms with Gasteiger partial charge in [0.1, 0.15) is 5.01 Å². The Kier molecular flexibility index (Phi) is 5.67. The minimum Gasteiger partial charge on any atom is -0.332 e. The summed E-state index contributed by atoms with van der Waals surface area (Å²) in [5, 5.41) is 14.0. The lowest BCUT2D eigenvalue weighted by Crippen LogP contribution is -2.50. The fourth-order valence-corrected chi connectivity index (χ4v) is 2.98. The highest BCUT2D eigenvalue weighted by Crippen LogP contribution is 2.25. The van der Waals surface area contributed by atoms with Gasteiger partial charge in [-0.15, -0.1) is 10.2 Å². The van der Waals surface area contributed by atoms with Crippen molar-refractivity contribution in [2.75, 3.05) is 5.32 Å². The molecule has 132 valence electrons. The molecular formula is C18H17N5O2S. The van der Waals surface area contributed by atoms with Gasteiger partial charge in [-0.05, 0) is 5.56 Å². The molecule has 4 N–H and O–H groups in total. The zero-order chi connectivity index (χ0) is 18.4. The van der Waals surface area contributed by atoms with Crippen molar-refractivity contribution in [3.05, 3.63) is 66.2 Å². The summed E-state index contributed by atoms with van der Waals surface area (Å²) in [6, 6.07) is 18.7. The molecule has 1 unspecified atom stereocenters. The summed E-state index contributed by atoms with van der Waals surface area (Å²) >= 11 is 1.23. The van der Waals surface area contributed by atoms with Gasteiger partial charge in [0.2, 0.25) is 11.0 Å². The average Bonchev–Trinajstić information content (AvgIpc) is 3.11. The SMILES string of the molecule is NC(NC(=O)Cc1ccccc1)C(=O)Nc1nnc(-c2ccccc2)s1. The Morgan fingerprint density at radius 2 is 1.65 bits per heavy atom. The van der Waals surface area contributed by atoms with Crippen LogP contribution < -0.4 is 16.4 Å². The van der Waals surface area contributed by atoms with Crippen LogP contribution in [0.5, 0.6) is 0 Å². The highest BCUT2D eigenvalue weighted by atomic mass is 32.1. The van der Waals surface area contributed by atoms with Crippen LogP contribution >= 0.6 is 11.3 Å². The first-order valence-electron chi connectivity index (χ1n) is 7.90. The third-order valence-corrected chi connectivity index (χ3v) is 4.37. The molecular weight excluding hydrogens is 350 g/mol. The monoisotopic (exact) mass is 367 g/mol. The van der Waals surface area contributed by atoms with Gasteiger partial charge in [0.25, 0.3) is 5.91 Å². The number of nitrogens with one attached hydrogen (secondary N) is 2. The number of nitrogens with zero attached hydrogens (tertiary/aromatic N) is 2. The molecule has 2 aromatic carbocycles. The third kappa shape index (κ3) is 4.71. The number of amides is 2. The first-order valence-corrected chi connectivity index (χ1v) is 8.72. The van der Waals surface area contributed by atoms with E-state index in [2.05, 4.69) is 20.8 Å². The van der Waals surface area contributed by atoms with E-state index in [1.165, 1.54) is 11.3 Å². The highest BCUT2D eigenvalue weighted by molar-refractivity contribution is 7.18. The molecule has 3 rings (SSSR count). The third-order valence-electron chi connectivity index (χ3n) is 3.48. The number of anilines is 1. The molecule has 0 aliphatic rings. The molecule has 0 saturated carbocycles. The lowest BCUT2D eigenvalue weighted by Gasteiger charge is -2.12. The quantitative estimate of drug-likeness (QED) is 0.575. The van der Waals surface area contributed by atoms with E-state index in [1.54, 1.807) is 0 Å². The summed E-state index contributed by atoms with van der Waals surface area (Å²) < 4.78 is 0. The number of carbonyl (C=O) groups is 2. The van der Waals surface area contributed by atoms with Gasteiger partial charge in [-0.1, -0.05) is 72.0 Å². The van der Waals surface area contributed by atoms with Crippen LogP contribution in [0.1, 0.15) is 5.56 Å². The van der Waals surface area contributed by atoms with Gasteiger partial charge < -0.3 is 11.1 Å². The second-order valence-corrected chi connectivity index (χ2v) is 6.45. The lowest BCUT2D eigenvalue weighted by molar-refractivity contribution is -0.126. The van der Waals surface area contributed by atoms with Crippen molar-refractivity contribution in [1.29, 1.82) is 0 Å². The molecule has 2 amide bonds. The van der Waals surface area contributed by atoms with Crippen LogP contribution in [0.25, 0.3) is 10.6 Å². The Morgan fingerprint density at radius 3 is 2.35 bits per heavy atom. The van der Waals surface area contributed by atoms with Crippen LogP contribution in [0.15, 0.2) is 60.7 Å². The summed E-state index contributed by atoms with van der Waals surface area (Å²) in [5.74, 6) is -0.886. The van der Waals surface area contributed by atoms with Crippen molar-refractivity contribution in [1.82, 2.24) is 15.5 Å². The van der Waals surface area contributed by atoms with Crippen molar-refractivity contribution in [3.8, 4) is 10.6 Å². The number of nitrogens with two attached hydrogens (primary N) is 1. The molecule has 1 aromatic heterocycles. The highest BCUT2D eigenvalue weighted by Gasteiger charge is 2.18. The number of benzene rings is 2. The van der Waals surface area contributed by atoms with Crippen molar-refractivity contribution in [3.63, 3.8) is 0 Å². The van der Waals surface area contributed by atoms with Crippen molar-refractivity contribution < 1.29 is 9.59 Å². The number of hydrogen-bond acceptors (Lipinski definition) is 6. The maximum Gasteiger partial charge on any atom is 0.263 e. The molecule has 3 aromatic rings. The molecule has 0 bridgehead atoms. The summed E-state index contributed by atoms with van der Waals surface area (Å²) in [5.41, 5.74) is 7.50. The fourth-order valence-electron chi connectivity index (χ4n) is 2.23. The number of carbonyl (C=O) groups excluding carboxylic acids is 2. The van der Waals surface area contributed by atoms with E-state index in [4.69, 9.17) is 5.73 Å². The van der Waals surface area contributed by atoms with Crippen LogP contribution in [0.3, 0.4) is 0 Å². The first-order chi connectivity index (χ1) is 12.6. The average molecular weight is 367 g/mol. The Balaban J connectivity index is 1.54. The lowest BCUT2D eigenvalue weighted by atomic mass is 10.1. The molecule has 1 atom stereocenters. The second kappa shape index (κ2) is 8.32. The van der Waals surface area contributed by atoms with Crippen LogP contribution in [-0.2, 0) is 16.0 Å². The normalized spacial score (nSPS) is 11.6. The van der Waals surface area contributed by atoms with Gasteiger partial charge in [-0.25, -0.2) is 0 Å². The van der Waals surface area contributed by atoms with E-state index in [1.807, 2.05) is 60.7 Å². The molecule has 0 spiro atoms. The number of rotatable bonds is 6. The predicted octanol–water partition coefficient (Wildman–Crippen LogP) is 1.79. The van der Waals surface area contributed by atoms with Crippen LogP contribution in [0, 0.1) is 0 Å². The largest absolute Gasteiger partial charge is 0.332 e. The van der Waals surface area contributed by atoms with Crippen molar-refractivity contribution in [2.45, 2.75) is 12.6 Å². The van der Waals surface area contributed by atoms with E-state index in [0.29, 0.717) is 10.1 Å². The van der Waals surface area contributed by atoms with Gasteiger partial charge in [0.15, 0.2) is 6.17 Å². The summed E-state index contributed by atoms with van der Waals surface area (Å²) in [4.78, 5) is 24.1. The Bertz CT molecular complexity index is 883. The standard InChI is InChI=1S/C18H17N5O2S/c19-15(20-14(24)11-12-7-3-1-4-8-12)16(25)21-18-23-22-17(26-18)13-9-5-2-6-10-13/h1-10,15H,11,19H2,(H,20,24)(H,21,23,25). The van der Waals surface area contributed by atoms with E-state index >= 15 is 0 Å². The molecule has 8 heteroatoms. The van der Waals surface area contributed by atoms with Gasteiger partial charge >= 0.3 is 0 Å². The summed E-state index contributed by atoms with van der Waals surface area (Å²) in [7, 11) is 0. The Labute approximate surface area is 154 Å². The van der Waals surface area contributed by atoms with Gasteiger partial charge in [0, 0.05) is 5.56 Å². The number of hydrogen-bond donors (Lipinski definition) is 3. The molecule has 1 heterocycles. The minimum atomic E-state index is -1.17. The molecule has 26 heavy (non-hydrogen) atoms. The van der Waals surface area contributed by atoms with Crippen molar-refractivity contribution in [2.24, 2.45) is 5.73 Å². The van der Waals surface area contributed by atoms with Crippen LogP contribution in [0.4, 0.5) is 5.13 Å². The molecule has 0 saturated heterocycles. The molecule has 0 fully saturated rings. The molecule has 7 nitrogen and oxygen atoms in total. The van der Waals surface area contributed by atoms with E-state index in [-0.39, 0.29) is 12.3 Å². The minimum absolute atomic E-state index is 0.152. The Morgan fingerprint density at radius 1 is 1.00 bits per heavy atom. The van der Waals surface area contributed by atoms with Crippen molar-refractivity contribution >= 4 is 28.3 Å². The van der Waals surface area contributed by atoms with Gasteiger partial charge in [-0.2, -0.15) is 0 Å². The molecule has 0 aliphatic heterocycles. The van der Waals surface area contributed by atoms with E-state index in [9.17, 15) is 9.59 Å². The molecule has 0 aliphatic carbocycles. The molecule has 0 radical (unpaired) electrons. The fraction of sp³-hybridized carbons (Fsp3) is 0.111. The van der Waals surface area contributed by atoms with Gasteiger partial charge in [-0.3, -0.25) is 14.9 Å². The first kappa shape index (κ1) is 17.7. The zero-order valence-corrected chi connectivity index (χ0v) is 14.6. The zero-order valence-electron chi connectivity index (χ0n) is 13.8. The van der Waals surface area contributed by atoms with Gasteiger partial charge in [0.05, 0.1) is 6.42 Å². The predicted molar refractivity (Wildman–Crippen MR) is 100 cm³/mol. The van der Waals surface area contributed by atoms with Crippen LogP contribution in [0.2, 0.25) is 0 Å². The maximum atomic E-state index is 12.1. The van der Waals surface area contributed by atoms with E-state index in [0.717, 1.165) is 11.1 Å². The van der Waals surface area contributed by atoms with Crippen LogP contribution in [-0.4, -0.2) is 28.2 Å². The van der Waals surface area contributed by atoms with E-state index < -0.39 is 12.1 Å².